The third-order valence-electron chi connectivity index (χ3n) is 2.88. The van der Waals surface area contributed by atoms with Gasteiger partial charge in [-0.3, -0.25) is 0 Å². The standard InChI is InChI=1S/C16H16Cl2N2O2/c1-11-5-7-12(8-6-11)22-10-9-19-16(21)20-15-13(17)3-2-4-14(15)18/h2-8H,9-10H2,1H3,(H2,19,20,21). The van der Waals surface area contributed by atoms with Crippen molar-refractivity contribution < 1.29 is 9.53 Å². The number of para-hydroxylation sites is 1. The average molecular weight is 339 g/mol. The number of ether oxygens (including phenoxy) is 1. The predicted molar refractivity (Wildman–Crippen MR) is 90.2 cm³/mol. The third-order valence-corrected chi connectivity index (χ3v) is 3.51. The summed E-state index contributed by atoms with van der Waals surface area (Å²) >= 11 is 12.0. The molecule has 0 atom stereocenters. The number of amides is 2. The number of urea groups is 1. The summed E-state index contributed by atoms with van der Waals surface area (Å²) in [4.78, 5) is 11.8. The Hall–Kier alpha value is -1.91. The van der Waals surface area contributed by atoms with Crippen LogP contribution < -0.4 is 15.4 Å². The van der Waals surface area contributed by atoms with E-state index in [0.29, 0.717) is 28.9 Å². The largest absolute Gasteiger partial charge is 0.492 e. The van der Waals surface area contributed by atoms with E-state index in [1.807, 2.05) is 31.2 Å². The molecule has 0 aliphatic carbocycles. The molecular formula is C16H16Cl2N2O2. The molecule has 0 bridgehead atoms. The number of nitrogens with one attached hydrogen (secondary N) is 2. The minimum atomic E-state index is -0.387. The Kier molecular flexibility index (Phi) is 5.92. The van der Waals surface area contributed by atoms with Gasteiger partial charge in [-0.05, 0) is 31.2 Å². The zero-order valence-electron chi connectivity index (χ0n) is 12.0. The van der Waals surface area contributed by atoms with Crippen LogP contribution >= 0.6 is 23.2 Å². The molecule has 6 heteroatoms. The zero-order chi connectivity index (χ0) is 15.9. The van der Waals surface area contributed by atoms with Gasteiger partial charge in [0, 0.05) is 0 Å². The number of carbonyl (C=O) groups is 1. The molecule has 0 saturated carbocycles. The predicted octanol–water partition coefficient (Wildman–Crippen LogP) is 4.50. The lowest BCUT2D eigenvalue weighted by molar-refractivity contribution is 0.247. The van der Waals surface area contributed by atoms with Crippen molar-refractivity contribution in [2.75, 3.05) is 18.5 Å². The second kappa shape index (κ2) is 7.92. The highest BCUT2D eigenvalue weighted by atomic mass is 35.5. The van der Waals surface area contributed by atoms with Gasteiger partial charge in [-0.25, -0.2) is 4.79 Å². The summed E-state index contributed by atoms with van der Waals surface area (Å²) in [5.74, 6) is 0.766. The summed E-state index contributed by atoms with van der Waals surface area (Å²) in [5, 5.41) is 6.07. The summed E-state index contributed by atoms with van der Waals surface area (Å²) < 4.78 is 5.51. The Morgan fingerprint density at radius 3 is 2.36 bits per heavy atom. The number of rotatable bonds is 5. The van der Waals surface area contributed by atoms with Gasteiger partial charge in [0.05, 0.1) is 22.3 Å². The van der Waals surface area contributed by atoms with Crippen molar-refractivity contribution in [3.63, 3.8) is 0 Å². The maximum absolute atomic E-state index is 11.8. The average Bonchev–Trinajstić information content (AvgIpc) is 2.49. The molecule has 116 valence electrons. The highest BCUT2D eigenvalue weighted by Crippen LogP contribution is 2.29. The smallest absolute Gasteiger partial charge is 0.319 e. The highest BCUT2D eigenvalue weighted by Gasteiger charge is 2.08. The van der Waals surface area contributed by atoms with Crippen molar-refractivity contribution in [3.8, 4) is 5.75 Å². The fourth-order valence-electron chi connectivity index (χ4n) is 1.74. The van der Waals surface area contributed by atoms with Gasteiger partial charge < -0.3 is 15.4 Å². The Balaban J connectivity index is 1.75. The van der Waals surface area contributed by atoms with Crippen molar-refractivity contribution in [3.05, 3.63) is 58.1 Å². The summed E-state index contributed by atoms with van der Waals surface area (Å²) in [6.45, 7) is 2.74. The lowest BCUT2D eigenvalue weighted by atomic mass is 10.2. The van der Waals surface area contributed by atoms with Gasteiger partial charge in [0.15, 0.2) is 0 Å². The Labute approximate surface area is 139 Å². The number of benzene rings is 2. The number of anilines is 1. The monoisotopic (exact) mass is 338 g/mol. The fraction of sp³-hybridized carbons (Fsp3) is 0.188. The quantitative estimate of drug-likeness (QED) is 0.788. The Morgan fingerprint density at radius 2 is 1.73 bits per heavy atom. The number of hydrogen-bond donors (Lipinski definition) is 2. The minimum Gasteiger partial charge on any atom is -0.492 e. The molecular weight excluding hydrogens is 323 g/mol. The topological polar surface area (TPSA) is 50.4 Å². The molecule has 0 spiro atoms. The molecule has 0 aliphatic heterocycles. The maximum atomic E-state index is 11.8. The van der Waals surface area contributed by atoms with Gasteiger partial charge in [-0.15, -0.1) is 0 Å². The molecule has 22 heavy (non-hydrogen) atoms. The van der Waals surface area contributed by atoms with Crippen LogP contribution in [-0.4, -0.2) is 19.2 Å². The fourth-order valence-corrected chi connectivity index (χ4v) is 2.23. The third kappa shape index (κ3) is 4.83. The molecule has 4 nitrogen and oxygen atoms in total. The van der Waals surface area contributed by atoms with Crippen molar-refractivity contribution in [2.24, 2.45) is 0 Å². The first kappa shape index (κ1) is 16.5. The van der Waals surface area contributed by atoms with Gasteiger partial charge in [-0.2, -0.15) is 0 Å². The van der Waals surface area contributed by atoms with Crippen LogP contribution in [0.15, 0.2) is 42.5 Å². The van der Waals surface area contributed by atoms with E-state index in [-0.39, 0.29) is 6.03 Å². The van der Waals surface area contributed by atoms with Gasteiger partial charge in [-0.1, -0.05) is 47.0 Å². The van der Waals surface area contributed by atoms with E-state index in [1.54, 1.807) is 18.2 Å². The van der Waals surface area contributed by atoms with Crippen molar-refractivity contribution in [1.82, 2.24) is 5.32 Å². The zero-order valence-corrected chi connectivity index (χ0v) is 13.5. The lowest BCUT2D eigenvalue weighted by Gasteiger charge is -2.11. The van der Waals surface area contributed by atoms with Gasteiger partial charge in [0.1, 0.15) is 12.4 Å². The molecule has 0 saturated heterocycles. The van der Waals surface area contributed by atoms with Crippen LogP contribution in [0.3, 0.4) is 0 Å². The van der Waals surface area contributed by atoms with Crippen molar-refractivity contribution >= 4 is 34.9 Å². The van der Waals surface area contributed by atoms with Gasteiger partial charge in [0.25, 0.3) is 0 Å². The molecule has 2 aromatic rings. The number of carbonyl (C=O) groups excluding carboxylic acids is 1. The maximum Gasteiger partial charge on any atom is 0.319 e. The second-order valence-corrected chi connectivity index (χ2v) is 5.45. The molecule has 2 amide bonds. The molecule has 0 aliphatic rings. The SMILES string of the molecule is Cc1ccc(OCCNC(=O)Nc2c(Cl)cccc2Cl)cc1. The summed E-state index contributed by atoms with van der Waals surface area (Å²) in [6, 6.07) is 12.3. The van der Waals surface area contributed by atoms with Crippen LogP contribution in [0.5, 0.6) is 5.75 Å². The van der Waals surface area contributed by atoms with Crippen molar-refractivity contribution in [2.45, 2.75) is 6.92 Å². The molecule has 2 aromatic carbocycles. The van der Waals surface area contributed by atoms with E-state index in [1.165, 1.54) is 5.56 Å². The second-order valence-electron chi connectivity index (χ2n) is 4.64. The van der Waals surface area contributed by atoms with E-state index in [4.69, 9.17) is 27.9 Å². The van der Waals surface area contributed by atoms with E-state index >= 15 is 0 Å². The summed E-state index contributed by atoms with van der Waals surface area (Å²) in [5.41, 5.74) is 1.56. The molecule has 0 fully saturated rings. The number of halogens is 2. The highest BCUT2D eigenvalue weighted by molar-refractivity contribution is 6.39. The van der Waals surface area contributed by atoms with Crippen LogP contribution in [0.25, 0.3) is 0 Å². The van der Waals surface area contributed by atoms with Gasteiger partial charge in [0.2, 0.25) is 0 Å². The summed E-state index contributed by atoms with van der Waals surface area (Å²) in [6.07, 6.45) is 0. The first-order valence-electron chi connectivity index (χ1n) is 6.74. The van der Waals surface area contributed by atoms with Crippen LogP contribution in [0, 0.1) is 6.92 Å². The van der Waals surface area contributed by atoms with E-state index in [2.05, 4.69) is 10.6 Å². The number of aryl methyl sites for hydroxylation is 1. The Morgan fingerprint density at radius 1 is 1.09 bits per heavy atom. The minimum absolute atomic E-state index is 0.363. The van der Waals surface area contributed by atoms with E-state index in [0.717, 1.165) is 5.75 Å². The van der Waals surface area contributed by atoms with E-state index in [9.17, 15) is 4.79 Å². The van der Waals surface area contributed by atoms with Gasteiger partial charge >= 0.3 is 6.03 Å². The van der Waals surface area contributed by atoms with E-state index < -0.39 is 0 Å². The normalized spacial score (nSPS) is 10.1. The molecule has 0 heterocycles. The number of hydrogen-bond acceptors (Lipinski definition) is 2. The molecule has 2 N–H and O–H groups in total. The van der Waals surface area contributed by atoms with Crippen LogP contribution in [0.2, 0.25) is 10.0 Å². The van der Waals surface area contributed by atoms with Crippen LogP contribution in [0.4, 0.5) is 10.5 Å². The summed E-state index contributed by atoms with van der Waals surface area (Å²) in [7, 11) is 0. The Bertz CT molecular complexity index is 625. The molecule has 0 unspecified atom stereocenters. The molecule has 0 aromatic heterocycles. The van der Waals surface area contributed by atoms with Crippen molar-refractivity contribution in [1.29, 1.82) is 0 Å². The molecule has 2 rings (SSSR count). The van der Waals surface area contributed by atoms with Crippen LogP contribution in [-0.2, 0) is 0 Å². The first-order chi connectivity index (χ1) is 10.6. The van der Waals surface area contributed by atoms with Crippen LogP contribution in [0.1, 0.15) is 5.56 Å². The first-order valence-corrected chi connectivity index (χ1v) is 7.50. The molecule has 0 radical (unpaired) electrons. The lowest BCUT2D eigenvalue weighted by Crippen LogP contribution is -2.32.